The molecular formula is C16H24N2O2. The number of nitrogens with one attached hydrogen (secondary N) is 1. The number of rotatable bonds is 4. The predicted molar refractivity (Wildman–Crippen MR) is 80.1 cm³/mol. The Morgan fingerprint density at radius 3 is 3.00 bits per heavy atom. The Kier molecular flexibility index (Phi) is 5.01. The number of amides is 1. The van der Waals surface area contributed by atoms with Gasteiger partial charge in [0.25, 0.3) is 0 Å². The molecule has 0 unspecified atom stereocenters. The van der Waals surface area contributed by atoms with E-state index in [4.69, 9.17) is 4.74 Å². The van der Waals surface area contributed by atoms with Crippen molar-refractivity contribution in [1.29, 1.82) is 0 Å². The molecule has 1 aromatic carbocycles. The van der Waals surface area contributed by atoms with Gasteiger partial charge in [-0.2, -0.15) is 0 Å². The molecule has 0 aromatic heterocycles. The number of hydrogen-bond acceptors (Lipinski definition) is 3. The molecule has 4 nitrogen and oxygen atoms in total. The Labute approximate surface area is 121 Å². The minimum Gasteiger partial charge on any atom is -0.493 e. The lowest BCUT2D eigenvalue weighted by Crippen LogP contribution is -2.52. The molecule has 1 aliphatic rings. The van der Waals surface area contributed by atoms with Crippen LogP contribution < -0.4 is 10.1 Å². The van der Waals surface area contributed by atoms with Crippen LogP contribution in [0.5, 0.6) is 5.75 Å². The second kappa shape index (κ2) is 6.75. The van der Waals surface area contributed by atoms with Crippen molar-refractivity contribution in [3.05, 3.63) is 29.3 Å². The zero-order valence-corrected chi connectivity index (χ0v) is 12.6. The van der Waals surface area contributed by atoms with Crippen molar-refractivity contribution in [1.82, 2.24) is 10.2 Å². The zero-order chi connectivity index (χ0) is 14.5. The first-order chi connectivity index (χ1) is 9.58. The van der Waals surface area contributed by atoms with Gasteiger partial charge >= 0.3 is 0 Å². The first-order valence-corrected chi connectivity index (χ1v) is 7.28. The molecule has 0 aliphatic carbocycles. The van der Waals surface area contributed by atoms with Crippen LogP contribution in [-0.4, -0.2) is 43.1 Å². The van der Waals surface area contributed by atoms with E-state index >= 15 is 0 Å². The minimum atomic E-state index is 0.185. The van der Waals surface area contributed by atoms with Crippen LogP contribution in [0.25, 0.3) is 0 Å². The van der Waals surface area contributed by atoms with Crippen LogP contribution in [0, 0.1) is 13.8 Å². The van der Waals surface area contributed by atoms with Gasteiger partial charge in [0, 0.05) is 25.7 Å². The van der Waals surface area contributed by atoms with Gasteiger partial charge in [-0.25, -0.2) is 0 Å². The van der Waals surface area contributed by atoms with Crippen molar-refractivity contribution < 1.29 is 9.53 Å². The van der Waals surface area contributed by atoms with E-state index in [1.165, 1.54) is 5.56 Å². The molecule has 1 atom stereocenters. The number of aryl methyl sites for hydroxylation is 2. The smallest absolute Gasteiger partial charge is 0.226 e. The summed E-state index contributed by atoms with van der Waals surface area (Å²) in [6.45, 7) is 9.14. The molecule has 1 saturated heterocycles. The summed E-state index contributed by atoms with van der Waals surface area (Å²) in [5, 5.41) is 3.29. The summed E-state index contributed by atoms with van der Waals surface area (Å²) in [5.41, 5.74) is 2.28. The van der Waals surface area contributed by atoms with Crippen LogP contribution in [0.3, 0.4) is 0 Å². The second-order valence-electron chi connectivity index (χ2n) is 5.51. The Bertz CT molecular complexity index is 474. The van der Waals surface area contributed by atoms with Gasteiger partial charge in [0.1, 0.15) is 5.75 Å². The maximum atomic E-state index is 12.2. The van der Waals surface area contributed by atoms with Crippen molar-refractivity contribution in [2.45, 2.75) is 33.2 Å². The molecule has 2 rings (SSSR count). The molecule has 4 heteroatoms. The summed E-state index contributed by atoms with van der Waals surface area (Å²) >= 11 is 0. The lowest BCUT2D eigenvalue weighted by atomic mass is 10.1. The maximum Gasteiger partial charge on any atom is 0.226 e. The Balaban J connectivity index is 1.83. The van der Waals surface area contributed by atoms with E-state index in [1.54, 1.807) is 0 Å². The fraction of sp³-hybridized carbons (Fsp3) is 0.562. The van der Waals surface area contributed by atoms with Gasteiger partial charge in [0.2, 0.25) is 5.91 Å². The largest absolute Gasteiger partial charge is 0.493 e. The summed E-state index contributed by atoms with van der Waals surface area (Å²) in [7, 11) is 0. The van der Waals surface area contributed by atoms with E-state index in [2.05, 4.69) is 18.3 Å². The highest BCUT2D eigenvalue weighted by Gasteiger charge is 2.22. The van der Waals surface area contributed by atoms with Gasteiger partial charge in [-0.1, -0.05) is 12.1 Å². The molecule has 0 spiro atoms. The topological polar surface area (TPSA) is 41.6 Å². The Morgan fingerprint density at radius 2 is 2.25 bits per heavy atom. The minimum absolute atomic E-state index is 0.185. The normalized spacial score (nSPS) is 18.9. The highest BCUT2D eigenvalue weighted by atomic mass is 16.5. The molecule has 20 heavy (non-hydrogen) atoms. The van der Waals surface area contributed by atoms with Crippen molar-refractivity contribution in [2.75, 3.05) is 26.2 Å². The molecule has 1 N–H and O–H groups in total. The third kappa shape index (κ3) is 3.73. The molecule has 1 fully saturated rings. The number of carbonyl (C=O) groups excluding carboxylic acids is 1. The molecule has 1 aromatic rings. The molecule has 1 aliphatic heterocycles. The number of piperazine rings is 1. The summed E-state index contributed by atoms with van der Waals surface area (Å²) in [6, 6.07) is 6.41. The molecular weight excluding hydrogens is 252 g/mol. The van der Waals surface area contributed by atoms with E-state index < -0.39 is 0 Å². The van der Waals surface area contributed by atoms with Crippen LogP contribution in [0.1, 0.15) is 24.5 Å². The fourth-order valence-electron chi connectivity index (χ4n) is 2.47. The number of benzene rings is 1. The summed E-state index contributed by atoms with van der Waals surface area (Å²) in [4.78, 5) is 14.1. The molecule has 110 valence electrons. The van der Waals surface area contributed by atoms with Gasteiger partial charge < -0.3 is 15.0 Å². The average molecular weight is 276 g/mol. The van der Waals surface area contributed by atoms with E-state index in [1.807, 2.05) is 30.9 Å². The Hall–Kier alpha value is -1.55. The Morgan fingerprint density at radius 1 is 1.45 bits per heavy atom. The highest BCUT2D eigenvalue weighted by molar-refractivity contribution is 5.76. The van der Waals surface area contributed by atoms with E-state index in [0.717, 1.165) is 30.9 Å². The molecule has 0 bridgehead atoms. The summed E-state index contributed by atoms with van der Waals surface area (Å²) < 4.78 is 5.75. The average Bonchev–Trinajstić information content (AvgIpc) is 2.43. The summed E-state index contributed by atoms with van der Waals surface area (Å²) in [5.74, 6) is 1.07. The standard InChI is InChI=1S/C16H24N2O2/c1-12-4-5-13(2)15(10-12)20-9-6-16(19)18-8-7-17-11-14(18)3/h4-5,10,14,17H,6-9,11H2,1-3H3/t14-/m1/s1. The summed E-state index contributed by atoms with van der Waals surface area (Å²) in [6.07, 6.45) is 0.442. The molecule has 0 radical (unpaired) electrons. The van der Waals surface area contributed by atoms with Gasteiger partial charge in [-0.3, -0.25) is 4.79 Å². The van der Waals surface area contributed by atoms with Crippen LogP contribution in [0.2, 0.25) is 0 Å². The van der Waals surface area contributed by atoms with Crippen LogP contribution in [0.4, 0.5) is 0 Å². The number of carbonyl (C=O) groups is 1. The highest BCUT2D eigenvalue weighted by Crippen LogP contribution is 2.19. The third-order valence-corrected chi connectivity index (χ3v) is 3.74. The van der Waals surface area contributed by atoms with Crippen molar-refractivity contribution in [3.63, 3.8) is 0 Å². The predicted octanol–water partition coefficient (Wildman–Crippen LogP) is 1.89. The SMILES string of the molecule is Cc1ccc(C)c(OCCC(=O)N2CCNC[C@H]2C)c1. The lowest BCUT2D eigenvalue weighted by Gasteiger charge is -2.34. The van der Waals surface area contributed by atoms with Crippen LogP contribution in [-0.2, 0) is 4.79 Å². The van der Waals surface area contributed by atoms with Gasteiger partial charge in [0.15, 0.2) is 0 Å². The van der Waals surface area contributed by atoms with E-state index in [-0.39, 0.29) is 11.9 Å². The third-order valence-electron chi connectivity index (χ3n) is 3.74. The van der Waals surface area contributed by atoms with Crippen LogP contribution >= 0.6 is 0 Å². The quantitative estimate of drug-likeness (QED) is 0.913. The van der Waals surface area contributed by atoms with Gasteiger partial charge in [0.05, 0.1) is 13.0 Å². The lowest BCUT2D eigenvalue weighted by molar-refractivity contribution is -0.134. The number of ether oxygens (including phenoxy) is 1. The van der Waals surface area contributed by atoms with Crippen molar-refractivity contribution >= 4 is 5.91 Å². The maximum absolute atomic E-state index is 12.2. The van der Waals surface area contributed by atoms with Gasteiger partial charge in [-0.15, -0.1) is 0 Å². The van der Waals surface area contributed by atoms with Gasteiger partial charge in [-0.05, 0) is 38.0 Å². The monoisotopic (exact) mass is 276 g/mol. The molecule has 0 saturated carbocycles. The number of nitrogens with zero attached hydrogens (tertiary/aromatic N) is 1. The van der Waals surface area contributed by atoms with Crippen LogP contribution in [0.15, 0.2) is 18.2 Å². The van der Waals surface area contributed by atoms with Crippen molar-refractivity contribution in [2.24, 2.45) is 0 Å². The van der Waals surface area contributed by atoms with E-state index in [0.29, 0.717) is 13.0 Å². The van der Waals surface area contributed by atoms with E-state index in [9.17, 15) is 4.79 Å². The zero-order valence-electron chi connectivity index (χ0n) is 12.6. The molecule has 1 amide bonds. The second-order valence-corrected chi connectivity index (χ2v) is 5.51. The fourth-order valence-corrected chi connectivity index (χ4v) is 2.47. The van der Waals surface area contributed by atoms with Crippen molar-refractivity contribution in [3.8, 4) is 5.75 Å². The first kappa shape index (κ1) is 14.9. The number of hydrogen-bond donors (Lipinski definition) is 1. The first-order valence-electron chi connectivity index (χ1n) is 7.28. The molecule has 1 heterocycles.